The number of allylic oxidation sites excluding steroid dienone is 5. The van der Waals surface area contributed by atoms with Crippen LogP contribution >= 0.6 is 46.4 Å². The van der Waals surface area contributed by atoms with Gasteiger partial charge in [0.1, 0.15) is 7.05 Å². The maximum absolute atomic E-state index is 6.63. The molecule has 6 heteroatoms. The van der Waals surface area contributed by atoms with E-state index in [9.17, 15) is 0 Å². The topological polar surface area (TPSA) is 7.12 Å². The largest absolute Gasteiger partial charge is 0.357 e. The van der Waals surface area contributed by atoms with Gasteiger partial charge in [-0.2, -0.15) is 0 Å². The van der Waals surface area contributed by atoms with Crippen molar-refractivity contribution in [1.29, 1.82) is 0 Å². The number of aromatic nitrogens is 1. The van der Waals surface area contributed by atoms with Crippen LogP contribution < -0.4 is 4.57 Å². The fourth-order valence-corrected chi connectivity index (χ4v) is 4.30. The smallest absolute Gasteiger partial charge is 0.169 e. The molecular formula is C21H15Cl4N2+. The van der Waals surface area contributed by atoms with Crippen LogP contribution in [0.3, 0.4) is 0 Å². The van der Waals surface area contributed by atoms with Crippen molar-refractivity contribution >= 4 is 57.5 Å². The fraction of sp³-hybridized carbons (Fsp3) is 0.0952. The van der Waals surface area contributed by atoms with Crippen LogP contribution in [0.25, 0.3) is 11.1 Å². The van der Waals surface area contributed by atoms with E-state index < -0.39 is 0 Å². The van der Waals surface area contributed by atoms with Crippen LogP contribution in [-0.2, 0) is 7.05 Å². The quantitative estimate of drug-likeness (QED) is 0.289. The van der Waals surface area contributed by atoms with Gasteiger partial charge in [-0.15, -0.1) is 0 Å². The van der Waals surface area contributed by atoms with E-state index in [1.165, 1.54) is 0 Å². The highest BCUT2D eigenvalue weighted by Crippen LogP contribution is 2.52. The molecular weight excluding hydrogens is 422 g/mol. The van der Waals surface area contributed by atoms with Crippen molar-refractivity contribution in [1.82, 2.24) is 4.90 Å². The number of halogens is 4. The Kier molecular flexibility index (Phi) is 4.85. The molecule has 0 atom stereocenters. The number of hydrogen-bond acceptors (Lipinski definition) is 1. The van der Waals surface area contributed by atoms with Gasteiger partial charge >= 0.3 is 0 Å². The molecule has 1 aliphatic carbocycles. The highest BCUT2D eigenvalue weighted by Gasteiger charge is 2.30. The summed E-state index contributed by atoms with van der Waals surface area (Å²) in [5.41, 5.74) is 5.63. The maximum Gasteiger partial charge on any atom is 0.169 e. The molecule has 0 N–H and O–H groups in total. The molecule has 0 amide bonds. The van der Waals surface area contributed by atoms with Gasteiger partial charge < -0.3 is 4.90 Å². The number of hydrogen-bond donors (Lipinski definition) is 0. The Hall–Kier alpha value is -1.71. The second kappa shape index (κ2) is 7.03. The van der Waals surface area contributed by atoms with Crippen LogP contribution in [0.4, 0.5) is 0 Å². The summed E-state index contributed by atoms with van der Waals surface area (Å²) in [6.45, 7) is 0. The molecule has 0 fully saturated rings. The third-order valence-corrected chi connectivity index (χ3v) is 6.48. The standard InChI is InChI=1S/C21H15Cl4N2/c1-26-7-3-12(4-8-26)14-11-15(13-5-9-27(2)10-6-13)17-16(14)18(22)20(24)21(25)19(17)23/h3-11H,1-2H3/q+1. The van der Waals surface area contributed by atoms with Crippen molar-refractivity contribution in [2.24, 2.45) is 7.05 Å². The first-order valence-corrected chi connectivity index (χ1v) is 9.76. The molecule has 2 nitrogen and oxygen atoms in total. The lowest BCUT2D eigenvalue weighted by Crippen LogP contribution is -2.25. The molecule has 0 unspecified atom stereocenters. The van der Waals surface area contributed by atoms with Crippen molar-refractivity contribution in [3.05, 3.63) is 97.5 Å². The Bertz CT molecular complexity index is 1060. The van der Waals surface area contributed by atoms with Crippen molar-refractivity contribution in [2.45, 2.75) is 0 Å². The monoisotopic (exact) mass is 435 g/mol. The predicted octanol–water partition coefficient (Wildman–Crippen LogP) is 6.30. The molecule has 0 saturated heterocycles. The highest BCUT2D eigenvalue weighted by atomic mass is 35.5. The SMILES string of the molecule is CN1C=CC(=C2C=C(c3cc[n+](C)cc3)c3c(Cl)c(Cl)c(Cl)c(Cl)c32)C=C1. The van der Waals surface area contributed by atoms with Crippen molar-refractivity contribution < 1.29 is 4.57 Å². The van der Waals surface area contributed by atoms with Gasteiger partial charge in [0.05, 0.1) is 20.1 Å². The second-order valence-corrected chi connectivity index (χ2v) is 7.99. The fourth-order valence-electron chi connectivity index (χ4n) is 3.24. The molecule has 0 saturated carbocycles. The minimum atomic E-state index is 0.273. The van der Waals surface area contributed by atoms with E-state index >= 15 is 0 Å². The number of pyridine rings is 1. The van der Waals surface area contributed by atoms with Gasteiger partial charge in [0, 0.05) is 42.7 Å². The predicted molar refractivity (Wildman–Crippen MR) is 114 cm³/mol. The van der Waals surface area contributed by atoms with E-state index in [1.807, 2.05) is 72.6 Å². The lowest BCUT2D eigenvalue weighted by atomic mass is 9.97. The van der Waals surface area contributed by atoms with Crippen LogP contribution in [0.2, 0.25) is 20.1 Å². The van der Waals surface area contributed by atoms with E-state index in [2.05, 4.69) is 6.08 Å². The van der Waals surface area contributed by atoms with E-state index in [4.69, 9.17) is 46.4 Å². The van der Waals surface area contributed by atoms with Crippen LogP contribution in [-0.4, -0.2) is 11.9 Å². The van der Waals surface area contributed by atoms with Crippen molar-refractivity contribution in [2.75, 3.05) is 7.05 Å². The summed E-state index contributed by atoms with van der Waals surface area (Å²) in [5, 5.41) is 1.37. The molecule has 1 aromatic heterocycles. The van der Waals surface area contributed by atoms with Crippen LogP contribution in [0, 0.1) is 0 Å². The molecule has 1 aliphatic heterocycles. The molecule has 0 spiro atoms. The van der Waals surface area contributed by atoms with Gasteiger partial charge in [0.15, 0.2) is 12.4 Å². The average molecular weight is 437 g/mol. The van der Waals surface area contributed by atoms with Crippen molar-refractivity contribution in [3.8, 4) is 0 Å². The highest BCUT2D eigenvalue weighted by molar-refractivity contribution is 6.53. The Morgan fingerprint density at radius 3 is 1.96 bits per heavy atom. The average Bonchev–Trinajstić information content (AvgIpc) is 3.06. The minimum absolute atomic E-state index is 0.273. The summed E-state index contributed by atoms with van der Waals surface area (Å²) in [6.07, 6.45) is 14.1. The number of rotatable bonds is 1. The number of aryl methyl sites for hydroxylation is 1. The molecule has 4 rings (SSSR count). The molecule has 27 heavy (non-hydrogen) atoms. The van der Waals surface area contributed by atoms with Gasteiger partial charge in [-0.25, -0.2) is 4.57 Å². The van der Waals surface area contributed by atoms with E-state index in [0.29, 0.717) is 10.0 Å². The molecule has 0 radical (unpaired) electrons. The number of benzene rings is 1. The molecule has 1 aromatic carbocycles. The van der Waals surface area contributed by atoms with Crippen LogP contribution in [0.15, 0.2) is 60.7 Å². The van der Waals surface area contributed by atoms with Crippen LogP contribution in [0.5, 0.6) is 0 Å². The summed E-state index contributed by atoms with van der Waals surface area (Å²) >= 11 is 26.0. The number of fused-ring (bicyclic) bond motifs is 1. The molecule has 136 valence electrons. The van der Waals surface area contributed by atoms with Gasteiger partial charge in [-0.1, -0.05) is 46.4 Å². The lowest BCUT2D eigenvalue weighted by molar-refractivity contribution is -0.671. The Balaban J connectivity index is 2.04. The Morgan fingerprint density at radius 1 is 0.815 bits per heavy atom. The molecule has 2 heterocycles. The van der Waals surface area contributed by atoms with Gasteiger partial charge in [0.25, 0.3) is 0 Å². The zero-order valence-corrected chi connectivity index (χ0v) is 17.6. The third-order valence-electron chi connectivity index (χ3n) is 4.67. The summed E-state index contributed by atoms with van der Waals surface area (Å²) in [7, 11) is 3.95. The van der Waals surface area contributed by atoms with Gasteiger partial charge in [0.2, 0.25) is 0 Å². The Morgan fingerprint density at radius 2 is 1.37 bits per heavy atom. The minimum Gasteiger partial charge on any atom is -0.357 e. The summed E-state index contributed by atoms with van der Waals surface area (Å²) in [6, 6.07) is 4.08. The zero-order valence-electron chi connectivity index (χ0n) is 14.6. The first kappa shape index (κ1) is 18.6. The third kappa shape index (κ3) is 3.11. The summed E-state index contributed by atoms with van der Waals surface area (Å²) < 4.78 is 1.98. The van der Waals surface area contributed by atoms with Gasteiger partial charge in [-0.05, 0) is 40.5 Å². The zero-order chi connectivity index (χ0) is 19.3. The molecule has 0 bridgehead atoms. The Labute approximate surface area is 178 Å². The summed E-state index contributed by atoms with van der Waals surface area (Å²) in [5.74, 6) is 0. The normalized spacial score (nSPS) is 15.5. The first-order chi connectivity index (χ1) is 12.9. The van der Waals surface area contributed by atoms with Gasteiger partial charge in [-0.3, -0.25) is 0 Å². The molecule has 2 aliphatic rings. The lowest BCUT2D eigenvalue weighted by Gasteiger charge is -2.16. The van der Waals surface area contributed by atoms with E-state index in [-0.39, 0.29) is 10.0 Å². The van der Waals surface area contributed by atoms with E-state index in [0.717, 1.165) is 33.4 Å². The first-order valence-electron chi connectivity index (χ1n) is 8.25. The summed E-state index contributed by atoms with van der Waals surface area (Å²) in [4.78, 5) is 1.98. The maximum atomic E-state index is 6.63. The van der Waals surface area contributed by atoms with Crippen LogP contribution in [0.1, 0.15) is 16.7 Å². The molecule has 2 aromatic rings. The second-order valence-electron chi connectivity index (χ2n) is 6.48. The van der Waals surface area contributed by atoms with Crippen molar-refractivity contribution in [3.63, 3.8) is 0 Å². The number of nitrogens with zero attached hydrogens (tertiary/aromatic N) is 2. The van der Waals surface area contributed by atoms with E-state index in [1.54, 1.807) is 0 Å².